The first-order chi connectivity index (χ1) is 12.2. The number of nitrogens with zero attached hydrogens (tertiary/aromatic N) is 2. The Morgan fingerprint density at radius 2 is 2.08 bits per heavy atom. The number of hydrogen-bond donors (Lipinski definition) is 1. The van der Waals surface area contributed by atoms with Crippen molar-refractivity contribution in [2.45, 2.75) is 38.0 Å². The number of carbonyl (C=O) groups is 1. The second-order valence-electron chi connectivity index (χ2n) is 7.05. The van der Waals surface area contributed by atoms with Crippen molar-refractivity contribution < 1.29 is 9.18 Å². The lowest BCUT2D eigenvalue weighted by molar-refractivity contribution is 0.182. The van der Waals surface area contributed by atoms with Crippen LogP contribution < -0.4 is 5.32 Å². The molecular weight excluding hydrogens is 337 g/mol. The van der Waals surface area contributed by atoms with Crippen LogP contribution in [0.15, 0.2) is 29.6 Å². The maximum atomic E-state index is 13.3. The number of carbonyl (C=O) groups excluding carboxylic acids is 1. The van der Waals surface area contributed by atoms with E-state index in [1.54, 1.807) is 12.1 Å². The average Bonchev–Trinajstić information content (AvgIpc) is 3.35. The molecule has 6 heteroatoms. The number of benzene rings is 1. The SMILES string of the molecule is O=C(Nc1nc(C2CC2)cs1)N1CCC(Cc2cccc(F)c2)CC1. The van der Waals surface area contributed by atoms with Gasteiger partial charge in [-0.25, -0.2) is 14.2 Å². The minimum atomic E-state index is -0.177. The Morgan fingerprint density at radius 1 is 1.28 bits per heavy atom. The molecule has 1 aromatic carbocycles. The van der Waals surface area contributed by atoms with Crippen molar-refractivity contribution in [3.63, 3.8) is 0 Å². The Kier molecular flexibility index (Phi) is 4.70. The number of urea groups is 1. The molecule has 0 atom stereocenters. The number of nitrogens with one attached hydrogen (secondary N) is 1. The summed E-state index contributed by atoms with van der Waals surface area (Å²) in [5.41, 5.74) is 2.16. The summed E-state index contributed by atoms with van der Waals surface area (Å²) >= 11 is 1.51. The van der Waals surface area contributed by atoms with Crippen LogP contribution in [0.3, 0.4) is 0 Å². The molecule has 1 N–H and O–H groups in total. The molecule has 1 aliphatic carbocycles. The van der Waals surface area contributed by atoms with Gasteiger partial charge < -0.3 is 4.90 Å². The molecule has 1 aliphatic heterocycles. The highest BCUT2D eigenvalue weighted by atomic mass is 32.1. The molecule has 4 nitrogen and oxygen atoms in total. The number of hydrogen-bond acceptors (Lipinski definition) is 3. The van der Waals surface area contributed by atoms with E-state index in [9.17, 15) is 9.18 Å². The van der Waals surface area contributed by atoms with Crippen molar-refractivity contribution in [3.8, 4) is 0 Å². The summed E-state index contributed by atoms with van der Waals surface area (Å²) in [5, 5.41) is 5.69. The highest BCUT2D eigenvalue weighted by molar-refractivity contribution is 7.13. The lowest BCUT2D eigenvalue weighted by Gasteiger charge is -2.31. The predicted molar refractivity (Wildman–Crippen MR) is 97.5 cm³/mol. The molecule has 1 saturated carbocycles. The Labute approximate surface area is 151 Å². The van der Waals surface area contributed by atoms with Gasteiger partial charge in [0.2, 0.25) is 0 Å². The van der Waals surface area contributed by atoms with Gasteiger partial charge in [-0.2, -0.15) is 0 Å². The maximum Gasteiger partial charge on any atom is 0.323 e. The number of anilines is 1. The van der Waals surface area contributed by atoms with E-state index in [0.29, 0.717) is 17.0 Å². The highest BCUT2D eigenvalue weighted by Crippen LogP contribution is 2.40. The van der Waals surface area contributed by atoms with E-state index < -0.39 is 0 Å². The predicted octanol–water partition coefficient (Wildman–Crippen LogP) is 4.65. The van der Waals surface area contributed by atoms with E-state index in [2.05, 4.69) is 15.7 Å². The van der Waals surface area contributed by atoms with Gasteiger partial charge in [-0.3, -0.25) is 5.32 Å². The van der Waals surface area contributed by atoms with Crippen LogP contribution in [0.4, 0.5) is 14.3 Å². The van der Waals surface area contributed by atoms with Crippen molar-refractivity contribution in [1.82, 2.24) is 9.88 Å². The number of rotatable bonds is 4. The smallest absolute Gasteiger partial charge is 0.323 e. The standard InChI is InChI=1S/C19H22FN3OS/c20-16-3-1-2-14(11-16)10-13-6-8-23(9-7-13)19(24)22-18-21-17(12-25-18)15-4-5-15/h1-3,11-13,15H,4-10H2,(H,21,22,24). The van der Waals surface area contributed by atoms with Crippen molar-refractivity contribution >= 4 is 22.5 Å². The Morgan fingerprint density at radius 3 is 2.80 bits per heavy atom. The molecule has 0 radical (unpaired) electrons. The van der Waals surface area contributed by atoms with Gasteiger partial charge in [0.05, 0.1) is 5.69 Å². The van der Waals surface area contributed by atoms with Crippen LogP contribution in [0.25, 0.3) is 0 Å². The summed E-state index contributed by atoms with van der Waals surface area (Å²) in [5.74, 6) is 0.941. The number of halogens is 1. The molecule has 1 aromatic heterocycles. The Hall–Kier alpha value is -1.95. The molecule has 2 fully saturated rings. The summed E-state index contributed by atoms with van der Waals surface area (Å²) in [6.07, 6.45) is 5.22. The molecule has 2 heterocycles. The van der Waals surface area contributed by atoms with E-state index >= 15 is 0 Å². The summed E-state index contributed by atoms with van der Waals surface area (Å²) in [7, 11) is 0. The summed E-state index contributed by atoms with van der Waals surface area (Å²) in [6.45, 7) is 1.49. The molecule has 0 unspecified atom stereocenters. The minimum Gasteiger partial charge on any atom is -0.324 e. The van der Waals surface area contributed by atoms with Crippen LogP contribution >= 0.6 is 11.3 Å². The highest BCUT2D eigenvalue weighted by Gasteiger charge is 2.27. The number of aromatic nitrogens is 1. The zero-order valence-corrected chi connectivity index (χ0v) is 14.9. The monoisotopic (exact) mass is 359 g/mol. The van der Waals surface area contributed by atoms with Gasteiger partial charge in [-0.15, -0.1) is 11.3 Å². The third-order valence-corrected chi connectivity index (χ3v) is 5.82. The van der Waals surface area contributed by atoms with Crippen LogP contribution in [0, 0.1) is 11.7 Å². The molecule has 2 aliphatic rings. The van der Waals surface area contributed by atoms with Gasteiger partial charge >= 0.3 is 6.03 Å². The third-order valence-electron chi connectivity index (χ3n) is 5.05. The minimum absolute atomic E-state index is 0.0547. The number of thiazole rings is 1. The lowest BCUT2D eigenvalue weighted by Crippen LogP contribution is -2.41. The van der Waals surface area contributed by atoms with Gasteiger partial charge in [0.25, 0.3) is 0 Å². The molecule has 0 bridgehead atoms. The largest absolute Gasteiger partial charge is 0.324 e. The van der Waals surface area contributed by atoms with Gasteiger partial charge in [-0.1, -0.05) is 12.1 Å². The molecule has 25 heavy (non-hydrogen) atoms. The average molecular weight is 359 g/mol. The molecule has 132 valence electrons. The normalized spacial score (nSPS) is 18.4. The van der Waals surface area contributed by atoms with Crippen LogP contribution in [0.1, 0.15) is 42.9 Å². The summed E-state index contributed by atoms with van der Waals surface area (Å²) in [4.78, 5) is 18.8. The first-order valence-corrected chi connectivity index (χ1v) is 9.81. The van der Waals surface area contributed by atoms with E-state index in [-0.39, 0.29) is 11.8 Å². The molecule has 1 saturated heterocycles. The fourth-order valence-corrected chi connectivity index (χ4v) is 4.20. The number of piperidine rings is 1. The van der Waals surface area contributed by atoms with Crippen molar-refractivity contribution in [2.24, 2.45) is 5.92 Å². The van der Waals surface area contributed by atoms with Crippen LogP contribution in [0.2, 0.25) is 0 Å². The lowest BCUT2D eigenvalue weighted by atomic mass is 9.90. The second kappa shape index (κ2) is 7.12. The molecule has 2 aromatic rings. The van der Waals surface area contributed by atoms with E-state index in [1.165, 1.54) is 30.2 Å². The van der Waals surface area contributed by atoms with E-state index in [0.717, 1.165) is 43.6 Å². The number of amides is 2. The van der Waals surface area contributed by atoms with E-state index in [4.69, 9.17) is 0 Å². The van der Waals surface area contributed by atoms with Gasteiger partial charge in [0.1, 0.15) is 5.82 Å². The Bertz CT molecular complexity index is 751. The first kappa shape index (κ1) is 16.5. The van der Waals surface area contributed by atoms with Gasteiger partial charge in [0.15, 0.2) is 5.13 Å². The van der Waals surface area contributed by atoms with Crippen LogP contribution in [-0.4, -0.2) is 29.0 Å². The van der Waals surface area contributed by atoms with Crippen molar-refractivity contribution in [2.75, 3.05) is 18.4 Å². The fraction of sp³-hybridized carbons (Fsp3) is 0.474. The third kappa shape index (κ3) is 4.18. The van der Waals surface area contributed by atoms with Crippen LogP contribution in [-0.2, 0) is 6.42 Å². The van der Waals surface area contributed by atoms with Gasteiger partial charge in [0, 0.05) is 24.4 Å². The molecular formula is C19H22FN3OS. The number of likely N-dealkylation sites (tertiary alicyclic amines) is 1. The summed E-state index contributed by atoms with van der Waals surface area (Å²) < 4.78 is 13.3. The zero-order valence-electron chi connectivity index (χ0n) is 14.1. The quantitative estimate of drug-likeness (QED) is 0.864. The van der Waals surface area contributed by atoms with Crippen LogP contribution in [0.5, 0.6) is 0 Å². The topological polar surface area (TPSA) is 45.2 Å². The van der Waals surface area contributed by atoms with Crippen molar-refractivity contribution in [1.29, 1.82) is 0 Å². The fourth-order valence-electron chi connectivity index (χ4n) is 3.42. The molecule has 2 amide bonds. The molecule has 4 rings (SSSR count). The van der Waals surface area contributed by atoms with Gasteiger partial charge in [-0.05, 0) is 55.7 Å². The Balaban J connectivity index is 1.26. The molecule has 0 spiro atoms. The second-order valence-corrected chi connectivity index (χ2v) is 7.90. The van der Waals surface area contributed by atoms with E-state index in [1.807, 2.05) is 11.0 Å². The van der Waals surface area contributed by atoms with Crippen molar-refractivity contribution in [3.05, 3.63) is 46.7 Å². The zero-order chi connectivity index (χ0) is 17.2. The first-order valence-electron chi connectivity index (χ1n) is 8.93. The maximum absolute atomic E-state index is 13.3. The summed E-state index contributed by atoms with van der Waals surface area (Å²) in [6, 6.07) is 6.77.